The maximum Gasteiger partial charge on any atom is 1.00 e. The number of nitrogens with zero attached hydrogens (tertiary/aromatic N) is 2. The first kappa shape index (κ1) is 20.1. The predicted octanol–water partition coefficient (Wildman–Crippen LogP) is -4.18. The van der Waals surface area contributed by atoms with Gasteiger partial charge in [-0.2, -0.15) is 0 Å². The maximum absolute atomic E-state index is 10.7. The van der Waals surface area contributed by atoms with Crippen LogP contribution in [0.2, 0.25) is 0 Å². The van der Waals surface area contributed by atoms with Gasteiger partial charge in [0.25, 0.3) is 0 Å². The fraction of sp³-hybridized carbons (Fsp3) is 0.643. The van der Waals surface area contributed by atoms with E-state index in [0.717, 1.165) is 0 Å². The van der Waals surface area contributed by atoms with E-state index in [9.17, 15) is 15.0 Å². The van der Waals surface area contributed by atoms with Gasteiger partial charge in [-0.25, -0.2) is 9.97 Å². The number of carboxylic acids is 1. The smallest absolute Gasteiger partial charge is 0.550 e. The minimum absolute atomic E-state index is 0. The number of carbonyl (C=O) groups is 1. The van der Waals surface area contributed by atoms with Gasteiger partial charge >= 0.3 is 51.4 Å². The molecule has 0 bridgehead atoms. The molecular weight excluding hydrogens is 313 g/mol. The number of aliphatic carboxylic acids is 1. The van der Waals surface area contributed by atoms with Crippen molar-refractivity contribution in [1.82, 2.24) is 15.3 Å². The summed E-state index contributed by atoms with van der Waals surface area (Å²) in [7, 11) is 0. The van der Waals surface area contributed by atoms with Crippen molar-refractivity contribution in [1.29, 1.82) is 0 Å². The number of carboxylic acid groups (broad SMARTS) is 1. The molecule has 0 radical (unpaired) electrons. The number of carbonyl (C=O) groups excluding carboxylic acids is 1. The molecule has 1 aliphatic heterocycles. The van der Waals surface area contributed by atoms with Crippen molar-refractivity contribution in [3.05, 3.63) is 24.3 Å². The number of aromatic nitrogens is 2. The molecule has 1 saturated heterocycles. The van der Waals surface area contributed by atoms with Crippen LogP contribution in [0.3, 0.4) is 0 Å². The third kappa shape index (κ3) is 5.61. The van der Waals surface area contributed by atoms with E-state index in [2.05, 4.69) is 15.3 Å². The summed E-state index contributed by atoms with van der Waals surface area (Å²) >= 11 is 0. The van der Waals surface area contributed by atoms with E-state index in [0.29, 0.717) is 38.4 Å². The number of hydrogen-bond acceptors (Lipinski definition) is 7. The maximum atomic E-state index is 10.7. The van der Waals surface area contributed by atoms with Crippen LogP contribution in [0.1, 0.15) is 25.1 Å². The van der Waals surface area contributed by atoms with Gasteiger partial charge in [0.05, 0.1) is 5.54 Å². The standard InChI is InChI=1S/C14H21N3O4.K/c18-10-11(8-12(19)20)9-17-14(2-6-21-7-3-14)13-15-4-1-5-16-13;/h1,4-5,11,17-18H,2-3,6-10H2,(H,19,20);/q;+1/p-1. The molecule has 2 N–H and O–H groups in total. The molecule has 22 heavy (non-hydrogen) atoms. The first-order valence-corrected chi connectivity index (χ1v) is 7.07. The zero-order valence-corrected chi connectivity index (χ0v) is 15.9. The fourth-order valence-corrected chi connectivity index (χ4v) is 2.52. The molecule has 1 unspecified atom stereocenters. The van der Waals surface area contributed by atoms with E-state index >= 15 is 0 Å². The van der Waals surface area contributed by atoms with Gasteiger partial charge in [0.2, 0.25) is 0 Å². The zero-order chi connectivity index (χ0) is 15.1. The Labute approximate surface area is 172 Å². The second-order valence-corrected chi connectivity index (χ2v) is 5.27. The van der Waals surface area contributed by atoms with Crippen LogP contribution in [-0.4, -0.2) is 47.4 Å². The van der Waals surface area contributed by atoms with Crippen LogP contribution in [0.4, 0.5) is 0 Å². The van der Waals surface area contributed by atoms with Crippen LogP contribution in [0.5, 0.6) is 0 Å². The van der Waals surface area contributed by atoms with Gasteiger partial charge in [0.1, 0.15) is 5.82 Å². The molecule has 1 aromatic heterocycles. The third-order valence-electron chi connectivity index (χ3n) is 3.78. The molecular formula is C14H20KN3O4. The Morgan fingerprint density at radius 2 is 2.05 bits per heavy atom. The number of nitrogens with one attached hydrogen (secondary N) is 1. The fourth-order valence-electron chi connectivity index (χ4n) is 2.52. The second kappa shape index (κ2) is 10.0. The molecule has 0 spiro atoms. The van der Waals surface area contributed by atoms with Crippen LogP contribution < -0.4 is 61.8 Å². The average molecular weight is 333 g/mol. The summed E-state index contributed by atoms with van der Waals surface area (Å²) in [5, 5.41) is 23.3. The molecule has 1 aliphatic rings. The van der Waals surface area contributed by atoms with E-state index in [1.54, 1.807) is 18.5 Å². The Bertz CT molecular complexity index is 455. The average Bonchev–Trinajstić information content (AvgIpc) is 2.53. The van der Waals surface area contributed by atoms with Crippen molar-refractivity contribution in [2.45, 2.75) is 24.8 Å². The van der Waals surface area contributed by atoms with Crippen LogP contribution >= 0.6 is 0 Å². The van der Waals surface area contributed by atoms with Crippen molar-refractivity contribution in [3.63, 3.8) is 0 Å². The van der Waals surface area contributed by atoms with Crippen molar-refractivity contribution < 1.29 is 71.1 Å². The van der Waals surface area contributed by atoms with Crippen molar-refractivity contribution >= 4 is 5.97 Å². The van der Waals surface area contributed by atoms with Crippen LogP contribution in [0.25, 0.3) is 0 Å². The first-order chi connectivity index (χ1) is 10.2. The van der Waals surface area contributed by atoms with Gasteiger partial charge in [0.15, 0.2) is 0 Å². The number of aliphatic hydroxyl groups is 1. The minimum Gasteiger partial charge on any atom is -0.550 e. The van der Waals surface area contributed by atoms with Crippen molar-refractivity contribution in [2.75, 3.05) is 26.4 Å². The zero-order valence-electron chi connectivity index (χ0n) is 12.8. The summed E-state index contributed by atoms with van der Waals surface area (Å²) in [5.41, 5.74) is -0.432. The quantitative estimate of drug-likeness (QED) is 0.488. The summed E-state index contributed by atoms with van der Waals surface area (Å²) in [6.45, 7) is 1.34. The summed E-state index contributed by atoms with van der Waals surface area (Å²) in [6, 6.07) is 1.75. The van der Waals surface area contributed by atoms with E-state index < -0.39 is 17.4 Å². The third-order valence-corrected chi connectivity index (χ3v) is 3.78. The normalized spacial score (nSPS) is 18.2. The molecule has 8 heteroatoms. The van der Waals surface area contributed by atoms with E-state index in [1.807, 2.05) is 0 Å². The molecule has 1 atom stereocenters. The number of hydrogen-bond donors (Lipinski definition) is 2. The predicted molar refractivity (Wildman–Crippen MR) is 72.0 cm³/mol. The Balaban J connectivity index is 0.00000242. The number of rotatable bonds is 7. The molecule has 0 amide bonds. The Morgan fingerprint density at radius 1 is 1.41 bits per heavy atom. The Kier molecular flexibility index (Phi) is 9.18. The first-order valence-electron chi connectivity index (χ1n) is 7.07. The molecule has 0 aliphatic carbocycles. The Morgan fingerprint density at radius 3 is 2.59 bits per heavy atom. The summed E-state index contributed by atoms with van der Waals surface area (Å²) in [5.74, 6) is -0.871. The minimum atomic E-state index is -1.16. The number of aliphatic hydroxyl groups excluding tert-OH is 1. The van der Waals surface area contributed by atoms with Crippen LogP contribution in [0.15, 0.2) is 18.5 Å². The SMILES string of the molecule is O=C([O-])CC(CO)CNC1(c2ncccn2)CCOCC1.[K+]. The van der Waals surface area contributed by atoms with Crippen LogP contribution in [0, 0.1) is 5.92 Å². The van der Waals surface area contributed by atoms with Crippen LogP contribution in [-0.2, 0) is 15.1 Å². The monoisotopic (exact) mass is 333 g/mol. The summed E-state index contributed by atoms with van der Waals surface area (Å²) < 4.78 is 5.39. The topological polar surface area (TPSA) is 107 Å². The van der Waals surface area contributed by atoms with Gasteiger partial charge in [-0.15, -0.1) is 0 Å². The van der Waals surface area contributed by atoms with E-state index in [4.69, 9.17) is 4.74 Å². The molecule has 0 saturated carbocycles. The van der Waals surface area contributed by atoms with Crippen molar-refractivity contribution in [2.24, 2.45) is 5.92 Å². The molecule has 2 heterocycles. The molecule has 7 nitrogen and oxygen atoms in total. The molecule has 0 aromatic carbocycles. The summed E-state index contributed by atoms with van der Waals surface area (Å²) in [6.07, 6.45) is 4.62. The molecule has 1 fully saturated rings. The molecule has 116 valence electrons. The van der Waals surface area contributed by atoms with Gasteiger partial charge in [0, 0.05) is 44.7 Å². The van der Waals surface area contributed by atoms with Gasteiger partial charge in [-0.3, -0.25) is 0 Å². The van der Waals surface area contributed by atoms with Crippen molar-refractivity contribution in [3.8, 4) is 0 Å². The van der Waals surface area contributed by atoms with E-state index in [-0.39, 0.29) is 64.4 Å². The number of ether oxygens (including phenoxy) is 1. The molecule has 2 rings (SSSR count). The van der Waals surface area contributed by atoms with Gasteiger partial charge in [-0.1, -0.05) is 0 Å². The Hall–Kier alpha value is 0.0664. The molecule has 1 aromatic rings. The second-order valence-electron chi connectivity index (χ2n) is 5.27. The van der Waals surface area contributed by atoms with Gasteiger partial charge < -0.3 is 25.1 Å². The summed E-state index contributed by atoms with van der Waals surface area (Å²) in [4.78, 5) is 19.3. The van der Waals surface area contributed by atoms with E-state index in [1.165, 1.54) is 0 Å². The van der Waals surface area contributed by atoms with Gasteiger partial charge in [-0.05, 0) is 31.2 Å². The largest absolute Gasteiger partial charge is 1.00 e.